The third-order valence-electron chi connectivity index (χ3n) is 4.07. The summed E-state index contributed by atoms with van der Waals surface area (Å²) in [6, 6.07) is 7.77. The normalized spacial score (nSPS) is 12.2. The van der Waals surface area contributed by atoms with E-state index in [4.69, 9.17) is 13.9 Å². The first-order valence-electron chi connectivity index (χ1n) is 8.23. The molecular weight excluding hydrogens is 445 g/mol. The van der Waals surface area contributed by atoms with Crippen LogP contribution >= 0.6 is 24.0 Å². The van der Waals surface area contributed by atoms with Crippen LogP contribution in [0.4, 0.5) is 0 Å². The van der Waals surface area contributed by atoms with Crippen LogP contribution in [0.3, 0.4) is 0 Å². The van der Waals surface area contributed by atoms with Crippen LogP contribution in [0.1, 0.15) is 35.6 Å². The summed E-state index contributed by atoms with van der Waals surface area (Å²) in [5.41, 5.74) is 2.12. The highest BCUT2D eigenvalue weighted by atomic mass is 127. The Labute approximate surface area is 172 Å². The number of aryl methyl sites for hydroxylation is 2. The van der Waals surface area contributed by atoms with E-state index < -0.39 is 0 Å². The van der Waals surface area contributed by atoms with Crippen molar-refractivity contribution in [3.05, 3.63) is 46.9 Å². The van der Waals surface area contributed by atoms with Gasteiger partial charge in [-0.2, -0.15) is 0 Å². The van der Waals surface area contributed by atoms with E-state index in [1.807, 2.05) is 38.1 Å². The fraction of sp³-hybridized carbons (Fsp3) is 0.421. The van der Waals surface area contributed by atoms with Crippen molar-refractivity contribution in [2.24, 2.45) is 4.99 Å². The topological polar surface area (TPSA) is 68.0 Å². The molecule has 1 aromatic carbocycles. The summed E-state index contributed by atoms with van der Waals surface area (Å²) in [5, 5.41) is 6.69. The molecule has 1 heterocycles. The van der Waals surface area contributed by atoms with Crippen molar-refractivity contribution in [3.63, 3.8) is 0 Å². The lowest BCUT2D eigenvalue weighted by Gasteiger charge is -2.20. The van der Waals surface area contributed by atoms with Gasteiger partial charge in [0.15, 0.2) is 5.96 Å². The fourth-order valence-electron chi connectivity index (χ4n) is 2.69. The quantitative estimate of drug-likeness (QED) is 0.378. The van der Waals surface area contributed by atoms with Crippen LogP contribution in [0.15, 0.2) is 33.7 Å². The lowest BCUT2D eigenvalue weighted by molar-refractivity contribution is 0.394. The first-order valence-corrected chi connectivity index (χ1v) is 8.23. The number of hydrogen-bond donors (Lipinski definition) is 2. The molecule has 6 nitrogen and oxygen atoms in total. The third-order valence-corrected chi connectivity index (χ3v) is 4.07. The molecule has 2 aromatic rings. The van der Waals surface area contributed by atoms with Crippen LogP contribution in [0, 0.1) is 13.8 Å². The van der Waals surface area contributed by atoms with E-state index in [-0.39, 0.29) is 30.0 Å². The molecular formula is C19H28IN3O3. The third kappa shape index (κ3) is 5.55. The van der Waals surface area contributed by atoms with Crippen LogP contribution in [-0.2, 0) is 6.54 Å². The highest BCUT2D eigenvalue weighted by Crippen LogP contribution is 2.29. The lowest BCUT2D eigenvalue weighted by atomic mass is 10.1. The summed E-state index contributed by atoms with van der Waals surface area (Å²) in [6.45, 7) is 6.60. The standard InChI is InChI=1S/C19H27N3O3.HI/c1-12-9-15(14(3)25-12)11-21-19(20-4)22-13(2)17-10-16(23-5)7-8-18(17)24-6;/h7-10,13H,11H2,1-6H3,(H2,20,21,22);1H. The van der Waals surface area contributed by atoms with Crippen LogP contribution in [0.5, 0.6) is 11.5 Å². The van der Waals surface area contributed by atoms with Crippen molar-refractivity contribution in [2.75, 3.05) is 21.3 Å². The Hall–Kier alpha value is -1.90. The summed E-state index contributed by atoms with van der Waals surface area (Å²) in [4.78, 5) is 4.29. The predicted molar refractivity (Wildman–Crippen MR) is 115 cm³/mol. The Morgan fingerprint density at radius 2 is 1.92 bits per heavy atom. The molecule has 0 bridgehead atoms. The maximum Gasteiger partial charge on any atom is 0.191 e. The van der Waals surface area contributed by atoms with E-state index >= 15 is 0 Å². The highest BCUT2D eigenvalue weighted by Gasteiger charge is 2.14. The van der Waals surface area contributed by atoms with E-state index in [0.717, 1.165) is 34.1 Å². The summed E-state index contributed by atoms with van der Waals surface area (Å²) in [5.74, 6) is 4.12. The summed E-state index contributed by atoms with van der Waals surface area (Å²) >= 11 is 0. The number of ether oxygens (including phenoxy) is 2. The summed E-state index contributed by atoms with van der Waals surface area (Å²) < 4.78 is 16.3. The molecule has 2 N–H and O–H groups in total. The molecule has 0 fully saturated rings. The largest absolute Gasteiger partial charge is 0.497 e. The monoisotopic (exact) mass is 473 g/mol. The summed E-state index contributed by atoms with van der Waals surface area (Å²) in [6.07, 6.45) is 0. The minimum atomic E-state index is -0.0107. The van der Waals surface area contributed by atoms with E-state index in [0.29, 0.717) is 12.5 Å². The molecule has 1 aromatic heterocycles. The molecule has 0 saturated carbocycles. The van der Waals surface area contributed by atoms with Gasteiger partial charge in [0.1, 0.15) is 23.0 Å². The number of aliphatic imine (C=N–C) groups is 1. The van der Waals surface area contributed by atoms with Crippen molar-refractivity contribution < 1.29 is 13.9 Å². The number of methoxy groups -OCH3 is 2. The van der Waals surface area contributed by atoms with Gasteiger partial charge in [-0.25, -0.2) is 0 Å². The average Bonchev–Trinajstić information content (AvgIpc) is 2.94. The van der Waals surface area contributed by atoms with Gasteiger partial charge in [0.2, 0.25) is 0 Å². The number of guanidine groups is 1. The fourth-order valence-corrected chi connectivity index (χ4v) is 2.69. The van der Waals surface area contributed by atoms with Crippen LogP contribution in [0.25, 0.3) is 0 Å². The van der Waals surface area contributed by atoms with Crippen molar-refractivity contribution in [3.8, 4) is 11.5 Å². The zero-order chi connectivity index (χ0) is 18.4. The van der Waals surface area contributed by atoms with Crippen LogP contribution in [-0.4, -0.2) is 27.2 Å². The van der Waals surface area contributed by atoms with E-state index in [1.54, 1.807) is 21.3 Å². The van der Waals surface area contributed by atoms with Crippen LogP contribution < -0.4 is 20.1 Å². The van der Waals surface area contributed by atoms with Crippen LogP contribution in [0.2, 0.25) is 0 Å². The second-order valence-corrected chi connectivity index (χ2v) is 5.84. The number of nitrogens with zero attached hydrogens (tertiary/aromatic N) is 1. The molecule has 1 atom stereocenters. The zero-order valence-corrected chi connectivity index (χ0v) is 18.5. The van der Waals surface area contributed by atoms with Crippen molar-refractivity contribution >= 4 is 29.9 Å². The Balaban J connectivity index is 0.00000338. The molecule has 0 aliphatic carbocycles. The smallest absolute Gasteiger partial charge is 0.191 e. The Morgan fingerprint density at radius 3 is 2.46 bits per heavy atom. The molecule has 0 saturated heterocycles. The number of benzene rings is 1. The number of halogens is 1. The Bertz CT molecular complexity index is 744. The van der Waals surface area contributed by atoms with Gasteiger partial charge >= 0.3 is 0 Å². The van der Waals surface area contributed by atoms with E-state index in [2.05, 4.69) is 22.5 Å². The number of nitrogens with one attached hydrogen (secondary N) is 2. The highest BCUT2D eigenvalue weighted by molar-refractivity contribution is 14.0. The van der Waals surface area contributed by atoms with Gasteiger partial charge in [-0.3, -0.25) is 4.99 Å². The van der Waals surface area contributed by atoms with Gasteiger partial charge in [0.25, 0.3) is 0 Å². The molecule has 2 rings (SSSR count). The zero-order valence-electron chi connectivity index (χ0n) is 16.2. The van der Waals surface area contributed by atoms with Gasteiger partial charge in [-0.15, -0.1) is 24.0 Å². The number of rotatable bonds is 6. The first kappa shape index (κ1) is 22.1. The minimum absolute atomic E-state index is 0. The molecule has 26 heavy (non-hydrogen) atoms. The van der Waals surface area contributed by atoms with E-state index in [1.165, 1.54) is 0 Å². The lowest BCUT2D eigenvalue weighted by Crippen LogP contribution is -2.38. The van der Waals surface area contributed by atoms with Crippen molar-refractivity contribution in [2.45, 2.75) is 33.4 Å². The second kappa shape index (κ2) is 10.3. The van der Waals surface area contributed by atoms with Crippen molar-refractivity contribution in [1.29, 1.82) is 0 Å². The maximum atomic E-state index is 5.56. The van der Waals surface area contributed by atoms with E-state index in [9.17, 15) is 0 Å². The first-order chi connectivity index (χ1) is 12.0. The Morgan fingerprint density at radius 1 is 1.19 bits per heavy atom. The van der Waals surface area contributed by atoms with Gasteiger partial charge in [-0.1, -0.05) is 0 Å². The van der Waals surface area contributed by atoms with Gasteiger partial charge in [0, 0.05) is 24.7 Å². The molecule has 144 valence electrons. The van der Waals surface area contributed by atoms with Gasteiger partial charge in [-0.05, 0) is 45.0 Å². The molecule has 0 amide bonds. The molecule has 0 spiro atoms. The molecule has 1 unspecified atom stereocenters. The maximum absolute atomic E-state index is 5.56. The minimum Gasteiger partial charge on any atom is -0.497 e. The Kier molecular flexibility index (Phi) is 8.77. The predicted octanol–water partition coefficient (Wildman–Crippen LogP) is 3.96. The number of hydrogen-bond acceptors (Lipinski definition) is 4. The van der Waals surface area contributed by atoms with Crippen molar-refractivity contribution in [1.82, 2.24) is 10.6 Å². The van der Waals surface area contributed by atoms with Gasteiger partial charge < -0.3 is 24.5 Å². The molecule has 0 radical (unpaired) electrons. The molecule has 0 aliphatic heterocycles. The number of furan rings is 1. The average molecular weight is 473 g/mol. The molecule has 7 heteroatoms. The summed E-state index contributed by atoms with van der Waals surface area (Å²) in [7, 11) is 5.06. The van der Waals surface area contributed by atoms with Gasteiger partial charge in [0.05, 0.1) is 20.3 Å². The molecule has 0 aliphatic rings. The SMILES string of the molecule is CN=C(NCc1cc(C)oc1C)NC(C)c1cc(OC)ccc1OC.I. The second-order valence-electron chi connectivity index (χ2n) is 5.84.